The van der Waals surface area contributed by atoms with Crippen molar-refractivity contribution in [3.8, 4) is 0 Å². The van der Waals surface area contributed by atoms with E-state index >= 15 is 4.79 Å². The molecule has 7 aliphatic rings. The highest BCUT2D eigenvalue weighted by molar-refractivity contribution is 7.87. The fourth-order valence-corrected chi connectivity index (χ4v) is 14.1. The summed E-state index contributed by atoms with van der Waals surface area (Å²) in [6.07, 6.45) is 14.9. The normalized spacial score (nSPS) is 33.0. The fourth-order valence-electron chi connectivity index (χ4n) is 12.9. The quantitative estimate of drug-likeness (QED) is 0.178. The summed E-state index contributed by atoms with van der Waals surface area (Å²) in [6, 6.07) is -3.16. The summed E-state index contributed by atoms with van der Waals surface area (Å²) in [4.78, 5) is 77.3. The summed E-state index contributed by atoms with van der Waals surface area (Å²) in [6.45, 7) is 21.3. The molecule has 0 bridgehead atoms. The van der Waals surface area contributed by atoms with Crippen LogP contribution in [0, 0.1) is 33.0 Å². The van der Waals surface area contributed by atoms with E-state index in [2.05, 4.69) is 59.8 Å². The SMILES string of the molecule is C=C[C@]1(C)C[C@]1(NC(=O)[C@@H]1C[C@@]2(CN1C(=O)[C@@H](NC(=O)[C@@H](NC(=O)[C@@H]1CCCCN1C(C)C)C1CCCCC1)C(C)(C)C)C(C)(C)C21CCC1)C(=O)NS(=O)(=O)N(C)C1CCC1. The van der Waals surface area contributed by atoms with E-state index in [0.29, 0.717) is 25.8 Å². The topological polar surface area (TPSA) is 177 Å². The molecule has 62 heavy (non-hydrogen) atoms. The number of nitrogens with zero attached hydrogens (tertiary/aromatic N) is 3. The Morgan fingerprint density at radius 1 is 0.823 bits per heavy atom. The van der Waals surface area contributed by atoms with Gasteiger partial charge in [-0.1, -0.05) is 86.1 Å². The van der Waals surface area contributed by atoms with Gasteiger partial charge in [0.25, 0.3) is 5.91 Å². The molecule has 2 aliphatic heterocycles. The minimum Gasteiger partial charge on any atom is -0.343 e. The van der Waals surface area contributed by atoms with Gasteiger partial charge in [0, 0.05) is 36.5 Å². The lowest BCUT2D eigenvalue weighted by atomic mass is 9.73. The number of likely N-dealkylation sites (tertiary alicyclic amines) is 2. The first-order valence-electron chi connectivity index (χ1n) is 23.9. The van der Waals surface area contributed by atoms with Crippen LogP contribution in [-0.2, 0) is 34.2 Å². The number of carbonyl (C=O) groups is 5. The van der Waals surface area contributed by atoms with Gasteiger partial charge in [-0.3, -0.25) is 28.9 Å². The van der Waals surface area contributed by atoms with Crippen molar-refractivity contribution < 1.29 is 32.4 Å². The molecule has 2 spiro atoms. The molecule has 7 atom stereocenters. The molecule has 7 fully saturated rings. The predicted octanol–water partition coefficient (Wildman–Crippen LogP) is 4.94. The molecule has 5 aliphatic carbocycles. The van der Waals surface area contributed by atoms with Crippen LogP contribution in [0.3, 0.4) is 0 Å². The molecule has 2 heterocycles. The lowest BCUT2D eigenvalue weighted by Gasteiger charge is -2.40. The highest BCUT2D eigenvalue weighted by Crippen LogP contribution is 2.88. The van der Waals surface area contributed by atoms with E-state index in [1.165, 1.54) is 11.4 Å². The monoisotopic (exact) mass is 884 g/mol. The highest BCUT2D eigenvalue weighted by atomic mass is 32.2. The molecule has 0 aromatic rings. The largest absolute Gasteiger partial charge is 0.343 e. The van der Waals surface area contributed by atoms with Gasteiger partial charge in [-0.15, -0.1) is 6.58 Å². The van der Waals surface area contributed by atoms with Crippen LogP contribution >= 0.6 is 0 Å². The van der Waals surface area contributed by atoms with E-state index < -0.39 is 56.5 Å². The number of hydrogen-bond donors (Lipinski definition) is 4. The third kappa shape index (κ3) is 7.62. The summed E-state index contributed by atoms with van der Waals surface area (Å²) in [7, 11) is -2.73. The molecule has 0 aromatic heterocycles. The first-order chi connectivity index (χ1) is 28.9. The third-order valence-corrected chi connectivity index (χ3v) is 19.4. The molecule has 15 heteroatoms. The van der Waals surface area contributed by atoms with E-state index in [9.17, 15) is 27.6 Å². The van der Waals surface area contributed by atoms with Crippen molar-refractivity contribution in [2.24, 2.45) is 33.0 Å². The number of carbonyl (C=O) groups excluding carboxylic acids is 5. The van der Waals surface area contributed by atoms with Gasteiger partial charge >= 0.3 is 10.2 Å². The third-order valence-electron chi connectivity index (χ3n) is 17.9. The average molecular weight is 884 g/mol. The number of rotatable bonds is 14. The second-order valence-electron chi connectivity index (χ2n) is 22.6. The Morgan fingerprint density at radius 3 is 1.98 bits per heavy atom. The van der Waals surface area contributed by atoms with Crippen LogP contribution < -0.4 is 20.7 Å². The molecule has 4 N–H and O–H groups in total. The minimum absolute atomic E-state index is 0.0299. The Labute approximate surface area is 371 Å². The molecule has 0 radical (unpaired) electrons. The van der Waals surface area contributed by atoms with Gasteiger partial charge < -0.3 is 20.9 Å². The number of piperidine rings is 1. The lowest BCUT2D eigenvalue weighted by molar-refractivity contribution is -0.145. The maximum atomic E-state index is 15.4. The van der Waals surface area contributed by atoms with Crippen LogP contribution in [0.5, 0.6) is 0 Å². The summed E-state index contributed by atoms with van der Waals surface area (Å²) < 4.78 is 30.4. The number of amides is 5. The highest BCUT2D eigenvalue weighted by Gasteiger charge is 2.85. The number of hydrogen-bond acceptors (Lipinski definition) is 8. The van der Waals surface area contributed by atoms with Crippen molar-refractivity contribution in [1.82, 2.24) is 34.8 Å². The van der Waals surface area contributed by atoms with E-state index in [4.69, 9.17) is 0 Å². The fraction of sp³-hybridized carbons (Fsp3) is 0.851. The van der Waals surface area contributed by atoms with E-state index in [1.807, 2.05) is 20.8 Å². The van der Waals surface area contributed by atoms with Crippen molar-refractivity contribution in [3.63, 3.8) is 0 Å². The zero-order chi connectivity index (χ0) is 45.4. The number of nitrogens with one attached hydrogen (secondary N) is 4. The van der Waals surface area contributed by atoms with Crippen molar-refractivity contribution in [3.05, 3.63) is 12.7 Å². The van der Waals surface area contributed by atoms with Crippen LogP contribution in [-0.4, -0.2) is 114 Å². The predicted molar refractivity (Wildman–Crippen MR) is 238 cm³/mol. The van der Waals surface area contributed by atoms with Gasteiger partial charge in [0.15, 0.2) is 0 Å². The standard InChI is InChI=1S/C47H77N7O7S/c1-11-44(9)28-47(44,41(59)51-62(60,61)52(10)32-21-17-22-32)50-38(56)34-27-46(43(7,8)45(46)24-18-25-45)29-54(34)40(58)36(42(4,5)6)49-39(57)35(31-19-13-12-14-20-31)48-37(55)33-23-15-16-26-53(33)30(2)3/h11,30-36H,1,12-29H2,2-10H3,(H,48,55)(H,49,57)(H,50,56)(H,51,59)/t33-,34-,35-,36+,44+,46+,47-/m0/s1. The zero-order valence-corrected chi connectivity index (χ0v) is 40.0. The molecule has 14 nitrogen and oxygen atoms in total. The Balaban J connectivity index is 1.16. The maximum absolute atomic E-state index is 15.4. The summed E-state index contributed by atoms with van der Waals surface area (Å²) >= 11 is 0. The van der Waals surface area contributed by atoms with Gasteiger partial charge in [0.1, 0.15) is 23.7 Å². The van der Waals surface area contributed by atoms with Crippen molar-refractivity contribution in [1.29, 1.82) is 0 Å². The van der Waals surface area contributed by atoms with E-state index in [0.717, 1.165) is 83.6 Å². The lowest BCUT2D eigenvalue weighted by Crippen LogP contribution is -2.63. The maximum Gasteiger partial charge on any atom is 0.303 e. The smallest absolute Gasteiger partial charge is 0.303 e. The van der Waals surface area contributed by atoms with Crippen molar-refractivity contribution >= 4 is 39.7 Å². The molecule has 0 unspecified atom stereocenters. The Morgan fingerprint density at radius 2 is 1.47 bits per heavy atom. The number of fused-ring (bicyclic) bond motifs is 1. The molecule has 7 rings (SSSR count). The minimum atomic E-state index is -4.20. The van der Waals surface area contributed by atoms with Crippen LogP contribution in [0.4, 0.5) is 0 Å². The molecule has 0 aromatic carbocycles. The first-order valence-corrected chi connectivity index (χ1v) is 25.3. The summed E-state index contributed by atoms with van der Waals surface area (Å²) in [5, 5.41) is 9.40. The van der Waals surface area contributed by atoms with Gasteiger partial charge in [0.05, 0.1) is 6.04 Å². The van der Waals surface area contributed by atoms with Crippen LogP contribution in [0.1, 0.15) is 158 Å². The van der Waals surface area contributed by atoms with Crippen LogP contribution in [0.15, 0.2) is 12.7 Å². The molecule has 2 saturated heterocycles. The van der Waals surface area contributed by atoms with Crippen LogP contribution in [0.25, 0.3) is 0 Å². The van der Waals surface area contributed by atoms with Crippen molar-refractivity contribution in [2.75, 3.05) is 20.1 Å². The molecule has 5 amide bonds. The first kappa shape index (κ1) is 46.9. The van der Waals surface area contributed by atoms with Gasteiger partial charge in [-0.2, -0.15) is 12.7 Å². The Bertz CT molecular complexity index is 1920. The Hall–Kier alpha value is -3.04. The second kappa shape index (κ2) is 16.4. The van der Waals surface area contributed by atoms with E-state index in [-0.39, 0.29) is 64.4 Å². The molecular weight excluding hydrogens is 807 g/mol. The van der Waals surface area contributed by atoms with E-state index in [1.54, 1.807) is 17.9 Å². The van der Waals surface area contributed by atoms with Crippen molar-refractivity contribution in [2.45, 2.75) is 200 Å². The average Bonchev–Trinajstić information content (AvgIpc) is 3.79. The Kier molecular flexibility index (Phi) is 12.4. The summed E-state index contributed by atoms with van der Waals surface area (Å²) in [5.74, 6) is -2.33. The molecule has 5 saturated carbocycles. The summed E-state index contributed by atoms with van der Waals surface area (Å²) in [5.41, 5.74) is -3.84. The van der Waals surface area contributed by atoms with Gasteiger partial charge in [-0.25, -0.2) is 4.72 Å². The van der Waals surface area contributed by atoms with Crippen LogP contribution in [0.2, 0.25) is 0 Å². The van der Waals surface area contributed by atoms with Gasteiger partial charge in [0.2, 0.25) is 23.6 Å². The molecular formula is C47H77N7O7S. The second-order valence-corrected chi connectivity index (χ2v) is 24.3. The molecule has 348 valence electrons. The zero-order valence-electron chi connectivity index (χ0n) is 39.2. The van der Waals surface area contributed by atoms with Gasteiger partial charge in [-0.05, 0) is 107 Å².